The molecule has 0 radical (unpaired) electrons. The largest absolute Gasteiger partial charge is 0.481 e. The van der Waals surface area contributed by atoms with E-state index in [2.05, 4.69) is 0 Å². The summed E-state index contributed by atoms with van der Waals surface area (Å²) in [5, 5.41) is 8.59. The van der Waals surface area contributed by atoms with Crippen molar-refractivity contribution in [2.75, 3.05) is 6.61 Å². The van der Waals surface area contributed by atoms with Crippen LogP contribution < -0.4 is 0 Å². The molecule has 12 heavy (non-hydrogen) atoms. The Morgan fingerprint density at radius 2 is 2.33 bits per heavy atom. The molecule has 1 saturated carbocycles. The van der Waals surface area contributed by atoms with Crippen molar-refractivity contribution in [1.29, 1.82) is 0 Å². The van der Waals surface area contributed by atoms with Gasteiger partial charge in [-0.3, -0.25) is 4.79 Å². The lowest BCUT2D eigenvalue weighted by atomic mass is 10.1. The summed E-state index contributed by atoms with van der Waals surface area (Å²) in [6.45, 7) is 2.22. The van der Waals surface area contributed by atoms with Crippen LogP contribution in [0.25, 0.3) is 0 Å². The van der Waals surface area contributed by atoms with Crippen LogP contribution in [0.5, 0.6) is 0 Å². The summed E-state index contributed by atoms with van der Waals surface area (Å²) in [4.78, 5) is 10.5. The van der Waals surface area contributed by atoms with Gasteiger partial charge in [0.25, 0.3) is 0 Å². The molecule has 3 atom stereocenters. The highest BCUT2D eigenvalue weighted by atomic mass is 19.1. The Labute approximate surface area is 70.5 Å². The van der Waals surface area contributed by atoms with E-state index in [1.807, 2.05) is 0 Å². The van der Waals surface area contributed by atoms with Crippen LogP contribution in [0.3, 0.4) is 0 Å². The predicted octanol–water partition coefficient (Wildman–Crippen LogP) is 1.22. The molecule has 0 bridgehead atoms. The summed E-state index contributed by atoms with van der Waals surface area (Å²) in [7, 11) is 0. The Balaban J connectivity index is 2.44. The first-order valence-electron chi connectivity index (χ1n) is 4.13. The van der Waals surface area contributed by atoms with Gasteiger partial charge in [-0.15, -0.1) is 0 Å². The number of carboxylic acids is 1. The second-order valence-corrected chi connectivity index (χ2v) is 3.02. The van der Waals surface area contributed by atoms with E-state index >= 15 is 0 Å². The molecule has 0 aromatic carbocycles. The van der Waals surface area contributed by atoms with Gasteiger partial charge in [-0.2, -0.15) is 0 Å². The fraction of sp³-hybridized carbons (Fsp3) is 0.875. The summed E-state index contributed by atoms with van der Waals surface area (Å²) in [6.07, 6.45) is -1.20. The van der Waals surface area contributed by atoms with Gasteiger partial charge in [0.2, 0.25) is 0 Å². The maximum atomic E-state index is 13.0. The van der Waals surface area contributed by atoms with Crippen molar-refractivity contribution in [3.8, 4) is 0 Å². The van der Waals surface area contributed by atoms with Crippen molar-refractivity contribution < 1.29 is 19.0 Å². The van der Waals surface area contributed by atoms with Crippen molar-refractivity contribution in [3.05, 3.63) is 0 Å². The molecule has 1 aliphatic rings. The fourth-order valence-corrected chi connectivity index (χ4v) is 1.54. The first kappa shape index (κ1) is 9.45. The van der Waals surface area contributed by atoms with Crippen LogP contribution in [-0.4, -0.2) is 30.0 Å². The van der Waals surface area contributed by atoms with Gasteiger partial charge in [0, 0.05) is 6.61 Å². The molecule has 1 rings (SSSR count). The Bertz CT molecular complexity index is 172. The summed E-state index contributed by atoms with van der Waals surface area (Å²) in [6, 6.07) is 0. The zero-order valence-corrected chi connectivity index (χ0v) is 7.00. The van der Waals surface area contributed by atoms with Crippen LogP contribution in [0.4, 0.5) is 4.39 Å². The average molecular weight is 176 g/mol. The monoisotopic (exact) mass is 176 g/mol. The normalized spacial score (nSPS) is 35.3. The van der Waals surface area contributed by atoms with E-state index in [9.17, 15) is 9.18 Å². The van der Waals surface area contributed by atoms with Crippen LogP contribution in [0, 0.1) is 5.92 Å². The first-order chi connectivity index (χ1) is 5.65. The number of carboxylic acid groups (broad SMARTS) is 1. The van der Waals surface area contributed by atoms with Crippen molar-refractivity contribution in [2.45, 2.75) is 32.0 Å². The van der Waals surface area contributed by atoms with E-state index in [0.717, 1.165) is 0 Å². The number of hydrogen-bond donors (Lipinski definition) is 1. The second kappa shape index (κ2) is 3.85. The molecule has 4 heteroatoms. The Morgan fingerprint density at radius 3 is 2.75 bits per heavy atom. The van der Waals surface area contributed by atoms with E-state index in [0.29, 0.717) is 13.0 Å². The molecule has 1 N–H and O–H groups in total. The maximum absolute atomic E-state index is 13.0. The van der Waals surface area contributed by atoms with E-state index in [4.69, 9.17) is 9.84 Å². The smallest absolute Gasteiger partial charge is 0.306 e. The third-order valence-corrected chi connectivity index (χ3v) is 2.16. The minimum atomic E-state index is -1.11. The number of rotatable bonds is 3. The highest BCUT2D eigenvalue weighted by molar-refractivity contribution is 5.70. The molecule has 0 aliphatic heterocycles. The standard InChI is InChI=1S/C8H13FO3/c1-2-12-7-4-5(8(10)11)3-6(7)9/h5-7H,2-4H2,1H3,(H,10,11)/t5?,6-,7-/m0/s1. The first-order valence-corrected chi connectivity index (χ1v) is 4.13. The molecule has 0 aromatic heterocycles. The molecule has 1 unspecified atom stereocenters. The third-order valence-electron chi connectivity index (χ3n) is 2.16. The molecule has 1 fully saturated rings. The van der Waals surface area contributed by atoms with Gasteiger partial charge in [-0.05, 0) is 19.8 Å². The van der Waals surface area contributed by atoms with Crippen molar-refractivity contribution in [2.24, 2.45) is 5.92 Å². The Kier molecular flexibility index (Phi) is 3.03. The molecule has 0 aromatic rings. The lowest BCUT2D eigenvalue weighted by Gasteiger charge is -2.11. The van der Waals surface area contributed by atoms with E-state index in [1.54, 1.807) is 6.92 Å². The van der Waals surface area contributed by atoms with Gasteiger partial charge >= 0.3 is 5.97 Å². The Hall–Kier alpha value is -0.640. The summed E-state index contributed by atoms with van der Waals surface area (Å²) >= 11 is 0. The number of ether oxygens (including phenoxy) is 1. The third kappa shape index (κ3) is 1.94. The SMILES string of the molecule is CCO[C@H]1CC(C(=O)O)C[C@@H]1F. The summed E-state index contributed by atoms with van der Waals surface area (Å²) < 4.78 is 18.1. The predicted molar refractivity (Wildman–Crippen MR) is 40.7 cm³/mol. The van der Waals surface area contributed by atoms with Crippen molar-refractivity contribution in [3.63, 3.8) is 0 Å². The fourth-order valence-electron chi connectivity index (χ4n) is 1.54. The van der Waals surface area contributed by atoms with E-state index in [-0.39, 0.29) is 6.42 Å². The number of aliphatic carboxylic acids is 1. The minimum absolute atomic E-state index is 0.0972. The topological polar surface area (TPSA) is 46.5 Å². The van der Waals surface area contributed by atoms with Crippen LogP contribution in [0.1, 0.15) is 19.8 Å². The number of hydrogen-bond acceptors (Lipinski definition) is 2. The zero-order valence-electron chi connectivity index (χ0n) is 7.00. The maximum Gasteiger partial charge on any atom is 0.306 e. The zero-order chi connectivity index (χ0) is 9.14. The number of alkyl halides is 1. The van der Waals surface area contributed by atoms with Crippen molar-refractivity contribution in [1.82, 2.24) is 0 Å². The van der Waals surface area contributed by atoms with Crippen LogP contribution in [0.15, 0.2) is 0 Å². The van der Waals surface area contributed by atoms with Gasteiger partial charge in [0.15, 0.2) is 0 Å². The van der Waals surface area contributed by atoms with Gasteiger partial charge < -0.3 is 9.84 Å². The molecule has 0 saturated heterocycles. The summed E-state index contributed by atoms with van der Waals surface area (Å²) in [5.74, 6) is -1.48. The Morgan fingerprint density at radius 1 is 1.67 bits per heavy atom. The lowest BCUT2D eigenvalue weighted by molar-refractivity contribution is -0.141. The highest BCUT2D eigenvalue weighted by Gasteiger charge is 2.38. The second-order valence-electron chi connectivity index (χ2n) is 3.02. The van der Waals surface area contributed by atoms with Gasteiger partial charge in [0.05, 0.1) is 12.0 Å². The highest BCUT2D eigenvalue weighted by Crippen LogP contribution is 2.30. The summed E-state index contributed by atoms with van der Waals surface area (Å²) in [5.41, 5.74) is 0. The van der Waals surface area contributed by atoms with Gasteiger partial charge in [-0.25, -0.2) is 4.39 Å². The van der Waals surface area contributed by atoms with Gasteiger partial charge in [0.1, 0.15) is 6.17 Å². The molecular formula is C8H13FO3. The molecule has 0 amide bonds. The van der Waals surface area contributed by atoms with Crippen LogP contribution >= 0.6 is 0 Å². The quantitative estimate of drug-likeness (QED) is 0.703. The molecule has 0 spiro atoms. The van der Waals surface area contributed by atoms with Crippen LogP contribution in [0.2, 0.25) is 0 Å². The van der Waals surface area contributed by atoms with E-state index < -0.39 is 24.2 Å². The van der Waals surface area contributed by atoms with Crippen LogP contribution in [-0.2, 0) is 9.53 Å². The molecule has 3 nitrogen and oxygen atoms in total. The average Bonchev–Trinajstić information content (AvgIpc) is 2.34. The number of halogens is 1. The molecule has 1 aliphatic carbocycles. The number of carbonyl (C=O) groups is 1. The van der Waals surface area contributed by atoms with E-state index in [1.165, 1.54) is 0 Å². The van der Waals surface area contributed by atoms with Crippen molar-refractivity contribution >= 4 is 5.97 Å². The molecule has 0 heterocycles. The molecular weight excluding hydrogens is 163 g/mol. The minimum Gasteiger partial charge on any atom is -0.481 e. The van der Waals surface area contributed by atoms with Gasteiger partial charge in [-0.1, -0.05) is 0 Å². The lowest BCUT2D eigenvalue weighted by Crippen LogP contribution is -2.18. The molecule has 70 valence electrons.